The fourth-order valence-corrected chi connectivity index (χ4v) is 3.97. The number of nitrogens with zero attached hydrogens (tertiary/aromatic N) is 3. The molecular weight excluding hydrogens is 444 g/mol. The molecule has 0 fully saturated rings. The molecule has 0 saturated heterocycles. The van der Waals surface area contributed by atoms with Gasteiger partial charge in [0.1, 0.15) is 12.4 Å². The molecule has 1 heterocycles. The van der Waals surface area contributed by atoms with E-state index in [-0.39, 0.29) is 17.8 Å². The van der Waals surface area contributed by atoms with Crippen LogP contribution in [0, 0.1) is 0 Å². The Bertz CT molecular complexity index is 1170. The molecular formula is C24H21ClN4O2S. The van der Waals surface area contributed by atoms with Crippen molar-refractivity contribution in [3.63, 3.8) is 0 Å². The number of benzene rings is 3. The molecule has 162 valence electrons. The van der Waals surface area contributed by atoms with E-state index in [1.165, 1.54) is 11.8 Å². The second-order valence-corrected chi connectivity index (χ2v) is 8.67. The number of para-hydroxylation sites is 2. The quantitative estimate of drug-likeness (QED) is 0.343. The molecule has 0 radical (unpaired) electrons. The minimum absolute atomic E-state index is 0.109. The van der Waals surface area contributed by atoms with E-state index in [1.807, 2.05) is 72.2 Å². The molecule has 0 saturated carbocycles. The molecule has 1 atom stereocenters. The Balaban J connectivity index is 1.53. The van der Waals surface area contributed by atoms with Gasteiger partial charge in [0.25, 0.3) is 0 Å². The Labute approximate surface area is 195 Å². The van der Waals surface area contributed by atoms with Crippen molar-refractivity contribution < 1.29 is 9.53 Å². The third-order valence-electron chi connectivity index (χ3n) is 4.59. The van der Waals surface area contributed by atoms with Gasteiger partial charge in [0.05, 0.1) is 5.25 Å². The third kappa shape index (κ3) is 5.49. The van der Waals surface area contributed by atoms with Crippen LogP contribution < -0.4 is 10.1 Å². The van der Waals surface area contributed by atoms with Crippen molar-refractivity contribution in [3.8, 4) is 11.4 Å². The third-order valence-corrected chi connectivity index (χ3v) is 5.88. The number of aromatic nitrogens is 3. The van der Waals surface area contributed by atoms with Gasteiger partial charge in [-0.1, -0.05) is 59.8 Å². The van der Waals surface area contributed by atoms with Gasteiger partial charge in [-0.15, -0.1) is 10.2 Å². The number of hydrogen-bond acceptors (Lipinski definition) is 5. The number of nitrogens with one attached hydrogen (secondary N) is 1. The first kappa shape index (κ1) is 21.9. The molecule has 8 heteroatoms. The number of carbonyl (C=O) groups is 1. The molecule has 4 aromatic rings. The van der Waals surface area contributed by atoms with E-state index in [2.05, 4.69) is 15.5 Å². The van der Waals surface area contributed by atoms with Crippen LogP contribution >= 0.6 is 23.4 Å². The van der Waals surface area contributed by atoms with Crippen LogP contribution in [-0.4, -0.2) is 25.9 Å². The summed E-state index contributed by atoms with van der Waals surface area (Å²) in [5.41, 5.74) is 1.65. The maximum Gasteiger partial charge on any atom is 0.237 e. The monoisotopic (exact) mass is 464 g/mol. The van der Waals surface area contributed by atoms with Gasteiger partial charge in [0, 0.05) is 16.4 Å². The van der Waals surface area contributed by atoms with Crippen molar-refractivity contribution in [1.29, 1.82) is 0 Å². The van der Waals surface area contributed by atoms with Gasteiger partial charge in [-0.05, 0) is 55.5 Å². The number of anilines is 1. The fourth-order valence-electron chi connectivity index (χ4n) is 2.96. The van der Waals surface area contributed by atoms with E-state index in [1.54, 1.807) is 24.3 Å². The summed E-state index contributed by atoms with van der Waals surface area (Å²) in [5.74, 6) is 1.20. The van der Waals surface area contributed by atoms with Crippen molar-refractivity contribution in [2.24, 2.45) is 0 Å². The summed E-state index contributed by atoms with van der Waals surface area (Å²) in [6.45, 7) is 2.06. The van der Waals surface area contributed by atoms with Gasteiger partial charge in [0.15, 0.2) is 11.0 Å². The summed E-state index contributed by atoms with van der Waals surface area (Å²) in [7, 11) is 0. The fraction of sp³-hybridized carbons (Fsp3) is 0.125. The van der Waals surface area contributed by atoms with Crippen molar-refractivity contribution in [2.45, 2.75) is 23.9 Å². The maximum atomic E-state index is 12.7. The standard InChI is InChI=1S/C24H21ClN4O2S/c1-17(23(30)26-19-8-4-2-5-9-19)32-24-28-27-22(29(24)20-10-6-3-7-11-20)16-31-21-14-12-18(25)13-15-21/h2-15,17H,16H2,1H3,(H,26,30). The number of amides is 1. The molecule has 0 aliphatic carbocycles. The molecule has 1 aromatic heterocycles. The number of ether oxygens (including phenoxy) is 1. The number of hydrogen-bond donors (Lipinski definition) is 1. The summed E-state index contributed by atoms with van der Waals surface area (Å²) < 4.78 is 7.79. The Kier molecular flexibility index (Phi) is 7.09. The number of carbonyl (C=O) groups excluding carboxylic acids is 1. The molecule has 4 rings (SSSR count). The van der Waals surface area contributed by atoms with Gasteiger partial charge in [-0.2, -0.15) is 0 Å². The molecule has 0 aliphatic rings. The summed E-state index contributed by atoms with van der Waals surface area (Å²) in [4.78, 5) is 12.7. The normalized spacial score (nSPS) is 11.7. The molecule has 32 heavy (non-hydrogen) atoms. The number of thioether (sulfide) groups is 1. The van der Waals surface area contributed by atoms with E-state index in [9.17, 15) is 4.79 Å². The SMILES string of the molecule is CC(Sc1nnc(COc2ccc(Cl)cc2)n1-c1ccccc1)C(=O)Nc1ccccc1. The highest BCUT2D eigenvalue weighted by Crippen LogP contribution is 2.27. The van der Waals surface area contributed by atoms with Crippen LogP contribution in [0.5, 0.6) is 5.75 Å². The van der Waals surface area contributed by atoms with Gasteiger partial charge in [-0.3, -0.25) is 9.36 Å². The average molecular weight is 465 g/mol. The lowest BCUT2D eigenvalue weighted by atomic mass is 10.3. The van der Waals surface area contributed by atoms with Crippen LogP contribution in [0.1, 0.15) is 12.7 Å². The van der Waals surface area contributed by atoms with Crippen LogP contribution in [0.3, 0.4) is 0 Å². The molecule has 1 amide bonds. The van der Waals surface area contributed by atoms with Crippen molar-refractivity contribution in [3.05, 3.63) is 95.8 Å². The first-order chi connectivity index (χ1) is 15.6. The Hall–Kier alpha value is -3.29. The van der Waals surface area contributed by atoms with E-state index < -0.39 is 0 Å². The highest BCUT2D eigenvalue weighted by atomic mass is 35.5. The Morgan fingerprint density at radius 1 is 1.00 bits per heavy atom. The molecule has 6 nitrogen and oxygen atoms in total. The second-order valence-electron chi connectivity index (χ2n) is 6.93. The number of rotatable bonds is 8. The predicted molar refractivity (Wildman–Crippen MR) is 128 cm³/mol. The minimum Gasteiger partial charge on any atom is -0.486 e. The minimum atomic E-state index is -0.382. The lowest BCUT2D eigenvalue weighted by Gasteiger charge is -2.14. The average Bonchev–Trinajstić information content (AvgIpc) is 3.22. The zero-order valence-corrected chi connectivity index (χ0v) is 18.9. The summed E-state index contributed by atoms with van der Waals surface area (Å²) >= 11 is 7.29. The molecule has 1 unspecified atom stereocenters. The van der Waals surface area contributed by atoms with E-state index in [4.69, 9.17) is 16.3 Å². The van der Waals surface area contributed by atoms with E-state index in [0.717, 1.165) is 11.4 Å². The summed E-state index contributed by atoms with van der Waals surface area (Å²) in [5, 5.41) is 12.5. The summed E-state index contributed by atoms with van der Waals surface area (Å²) in [6.07, 6.45) is 0. The van der Waals surface area contributed by atoms with Crippen LogP contribution in [0.2, 0.25) is 5.02 Å². The van der Waals surface area contributed by atoms with Crippen LogP contribution in [0.25, 0.3) is 5.69 Å². The first-order valence-electron chi connectivity index (χ1n) is 10.0. The molecule has 3 aromatic carbocycles. The largest absolute Gasteiger partial charge is 0.486 e. The zero-order valence-electron chi connectivity index (χ0n) is 17.3. The molecule has 0 spiro atoms. The zero-order chi connectivity index (χ0) is 22.3. The van der Waals surface area contributed by atoms with Gasteiger partial charge >= 0.3 is 0 Å². The highest BCUT2D eigenvalue weighted by Gasteiger charge is 2.21. The smallest absolute Gasteiger partial charge is 0.237 e. The Morgan fingerprint density at radius 2 is 1.66 bits per heavy atom. The highest BCUT2D eigenvalue weighted by molar-refractivity contribution is 8.00. The van der Waals surface area contributed by atoms with Gasteiger partial charge in [-0.25, -0.2) is 0 Å². The number of halogens is 1. The lowest BCUT2D eigenvalue weighted by molar-refractivity contribution is -0.115. The molecule has 0 aliphatic heterocycles. The van der Waals surface area contributed by atoms with E-state index >= 15 is 0 Å². The van der Waals surface area contributed by atoms with Crippen molar-refractivity contribution in [1.82, 2.24) is 14.8 Å². The van der Waals surface area contributed by atoms with Gasteiger partial charge < -0.3 is 10.1 Å². The molecule has 1 N–H and O–H groups in total. The van der Waals surface area contributed by atoms with Crippen LogP contribution in [-0.2, 0) is 11.4 Å². The maximum absolute atomic E-state index is 12.7. The van der Waals surface area contributed by atoms with Crippen LogP contribution in [0.4, 0.5) is 5.69 Å². The van der Waals surface area contributed by atoms with Crippen molar-refractivity contribution >= 4 is 35.0 Å². The van der Waals surface area contributed by atoms with Gasteiger partial charge in [0.2, 0.25) is 5.91 Å². The molecule has 0 bridgehead atoms. The first-order valence-corrected chi connectivity index (χ1v) is 11.3. The Morgan fingerprint density at radius 3 is 2.34 bits per heavy atom. The predicted octanol–water partition coefficient (Wildman–Crippen LogP) is 5.62. The van der Waals surface area contributed by atoms with E-state index in [0.29, 0.717) is 21.8 Å². The lowest BCUT2D eigenvalue weighted by Crippen LogP contribution is -2.22. The summed E-state index contributed by atoms with van der Waals surface area (Å²) in [6, 6.07) is 26.3. The van der Waals surface area contributed by atoms with Crippen molar-refractivity contribution in [2.75, 3.05) is 5.32 Å². The second kappa shape index (κ2) is 10.3. The van der Waals surface area contributed by atoms with Crippen LogP contribution in [0.15, 0.2) is 90.1 Å². The topological polar surface area (TPSA) is 69.0 Å².